The Hall–Kier alpha value is -2.56. The molecule has 0 spiro atoms. The van der Waals surface area contributed by atoms with Gasteiger partial charge in [-0.05, 0) is 35.9 Å². The lowest BCUT2D eigenvalue weighted by Gasteiger charge is -2.07. The second kappa shape index (κ2) is 5.18. The number of nitrogens with two attached hydrogens (primary N) is 2. The molecule has 2 aromatic rings. The Morgan fingerprint density at radius 1 is 1.17 bits per heavy atom. The van der Waals surface area contributed by atoms with E-state index in [2.05, 4.69) is 4.98 Å². The van der Waals surface area contributed by atoms with E-state index in [9.17, 15) is 4.79 Å². The first kappa shape index (κ1) is 11.9. The van der Waals surface area contributed by atoms with Gasteiger partial charge < -0.3 is 16.2 Å². The number of rotatable bonds is 3. The fourth-order valence-electron chi connectivity index (χ4n) is 1.47. The average Bonchev–Trinajstić information content (AvgIpc) is 2.37. The summed E-state index contributed by atoms with van der Waals surface area (Å²) >= 11 is 0. The molecule has 0 aliphatic carbocycles. The molecule has 0 saturated heterocycles. The number of ether oxygens (including phenoxy) is 1. The van der Waals surface area contributed by atoms with Crippen LogP contribution in [-0.2, 0) is 11.3 Å². The SMILES string of the molecule is Nc1ccc(C(=O)OCc2ccncc2)c(N)c1. The number of carbonyl (C=O) groups is 1. The summed E-state index contributed by atoms with van der Waals surface area (Å²) in [6, 6.07) is 8.25. The van der Waals surface area contributed by atoms with E-state index in [4.69, 9.17) is 16.2 Å². The topological polar surface area (TPSA) is 91.2 Å². The summed E-state index contributed by atoms with van der Waals surface area (Å²) in [5.41, 5.74) is 13.3. The monoisotopic (exact) mass is 243 g/mol. The van der Waals surface area contributed by atoms with E-state index >= 15 is 0 Å². The molecule has 0 unspecified atom stereocenters. The number of nitrogen functional groups attached to an aromatic ring is 2. The van der Waals surface area contributed by atoms with Gasteiger partial charge in [-0.3, -0.25) is 4.98 Å². The molecule has 0 fully saturated rings. The molecule has 0 amide bonds. The van der Waals surface area contributed by atoms with Gasteiger partial charge in [0, 0.05) is 23.8 Å². The summed E-state index contributed by atoms with van der Waals surface area (Å²) in [6.07, 6.45) is 3.28. The predicted octanol–water partition coefficient (Wildman–Crippen LogP) is 1.60. The number of hydrogen-bond acceptors (Lipinski definition) is 5. The van der Waals surface area contributed by atoms with Crippen molar-refractivity contribution >= 4 is 17.3 Å². The molecule has 0 bridgehead atoms. The first-order chi connectivity index (χ1) is 8.66. The summed E-state index contributed by atoms with van der Waals surface area (Å²) in [6.45, 7) is 0.186. The van der Waals surface area contributed by atoms with Gasteiger partial charge in [0.05, 0.1) is 5.56 Å². The van der Waals surface area contributed by atoms with E-state index < -0.39 is 5.97 Å². The fourth-order valence-corrected chi connectivity index (χ4v) is 1.47. The summed E-state index contributed by atoms with van der Waals surface area (Å²) in [5.74, 6) is -0.468. The van der Waals surface area contributed by atoms with Gasteiger partial charge in [-0.15, -0.1) is 0 Å². The van der Waals surface area contributed by atoms with Crippen molar-refractivity contribution in [1.82, 2.24) is 4.98 Å². The summed E-state index contributed by atoms with van der Waals surface area (Å²) in [4.78, 5) is 15.7. The van der Waals surface area contributed by atoms with Gasteiger partial charge >= 0.3 is 5.97 Å². The van der Waals surface area contributed by atoms with Crippen molar-refractivity contribution in [2.45, 2.75) is 6.61 Å². The molecule has 5 heteroatoms. The van der Waals surface area contributed by atoms with Crippen LogP contribution in [0.3, 0.4) is 0 Å². The van der Waals surface area contributed by atoms with E-state index in [1.807, 2.05) is 0 Å². The van der Waals surface area contributed by atoms with E-state index in [1.54, 1.807) is 36.7 Å². The molecule has 1 aromatic carbocycles. The Morgan fingerprint density at radius 3 is 2.56 bits per heavy atom. The highest BCUT2D eigenvalue weighted by Crippen LogP contribution is 2.17. The molecule has 0 radical (unpaired) electrons. The Kier molecular flexibility index (Phi) is 3.43. The first-order valence-electron chi connectivity index (χ1n) is 5.38. The van der Waals surface area contributed by atoms with Crippen LogP contribution in [0, 0.1) is 0 Å². The van der Waals surface area contributed by atoms with Gasteiger partial charge in [-0.1, -0.05) is 0 Å². The van der Waals surface area contributed by atoms with Crippen molar-refractivity contribution in [3.8, 4) is 0 Å². The molecule has 1 heterocycles. The van der Waals surface area contributed by atoms with Crippen LogP contribution >= 0.6 is 0 Å². The van der Waals surface area contributed by atoms with Crippen LogP contribution in [0.2, 0.25) is 0 Å². The standard InChI is InChI=1S/C13H13N3O2/c14-10-1-2-11(12(15)7-10)13(17)18-8-9-3-5-16-6-4-9/h1-7H,8,14-15H2. The zero-order valence-electron chi connectivity index (χ0n) is 9.67. The second-order valence-electron chi connectivity index (χ2n) is 3.78. The number of esters is 1. The number of pyridine rings is 1. The minimum absolute atomic E-state index is 0.186. The molecule has 4 N–H and O–H groups in total. The summed E-state index contributed by atoms with van der Waals surface area (Å²) in [5, 5.41) is 0. The molecule has 1 aromatic heterocycles. The molecule has 92 valence electrons. The predicted molar refractivity (Wildman–Crippen MR) is 68.6 cm³/mol. The van der Waals surface area contributed by atoms with Crippen LogP contribution < -0.4 is 11.5 Å². The van der Waals surface area contributed by atoms with E-state index in [0.29, 0.717) is 16.9 Å². The Morgan fingerprint density at radius 2 is 1.89 bits per heavy atom. The van der Waals surface area contributed by atoms with Crippen LogP contribution in [0.25, 0.3) is 0 Å². The van der Waals surface area contributed by atoms with E-state index in [-0.39, 0.29) is 6.61 Å². The Labute approximate surface area is 104 Å². The summed E-state index contributed by atoms with van der Waals surface area (Å²) < 4.78 is 5.15. The largest absolute Gasteiger partial charge is 0.457 e. The smallest absolute Gasteiger partial charge is 0.340 e. The molecule has 0 aliphatic heterocycles. The van der Waals surface area contributed by atoms with E-state index in [0.717, 1.165) is 5.56 Å². The number of aromatic nitrogens is 1. The third-order valence-corrected chi connectivity index (χ3v) is 2.41. The molecule has 0 atom stereocenters. The molecular formula is C13H13N3O2. The van der Waals surface area contributed by atoms with Crippen molar-refractivity contribution in [2.75, 3.05) is 11.5 Å². The molecule has 0 aliphatic rings. The fraction of sp³-hybridized carbons (Fsp3) is 0.0769. The quantitative estimate of drug-likeness (QED) is 0.631. The lowest BCUT2D eigenvalue weighted by Crippen LogP contribution is -2.08. The zero-order valence-corrected chi connectivity index (χ0v) is 9.67. The number of hydrogen-bond donors (Lipinski definition) is 2. The lowest BCUT2D eigenvalue weighted by atomic mass is 10.1. The minimum atomic E-state index is -0.468. The van der Waals surface area contributed by atoms with Crippen LogP contribution in [0.1, 0.15) is 15.9 Å². The number of carbonyl (C=O) groups excluding carboxylic acids is 1. The first-order valence-corrected chi connectivity index (χ1v) is 5.38. The normalized spacial score (nSPS) is 10.0. The van der Waals surface area contributed by atoms with Crippen molar-refractivity contribution in [3.63, 3.8) is 0 Å². The molecular weight excluding hydrogens is 230 g/mol. The van der Waals surface area contributed by atoms with Crippen LogP contribution in [0.4, 0.5) is 11.4 Å². The maximum atomic E-state index is 11.8. The van der Waals surface area contributed by atoms with Crippen LogP contribution in [-0.4, -0.2) is 11.0 Å². The van der Waals surface area contributed by atoms with Crippen molar-refractivity contribution in [1.29, 1.82) is 0 Å². The maximum Gasteiger partial charge on any atom is 0.340 e. The highest BCUT2D eigenvalue weighted by Gasteiger charge is 2.11. The van der Waals surface area contributed by atoms with Gasteiger partial charge in [-0.2, -0.15) is 0 Å². The van der Waals surface area contributed by atoms with Crippen molar-refractivity contribution in [2.24, 2.45) is 0 Å². The van der Waals surface area contributed by atoms with E-state index in [1.165, 1.54) is 6.07 Å². The third kappa shape index (κ3) is 2.76. The van der Waals surface area contributed by atoms with Gasteiger partial charge in [-0.25, -0.2) is 4.79 Å². The number of anilines is 2. The average molecular weight is 243 g/mol. The highest BCUT2D eigenvalue weighted by molar-refractivity contribution is 5.95. The van der Waals surface area contributed by atoms with Crippen LogP contribution in [0.15, 0.2) is 42.7 Å². The highest BCUT2D eigenvalue weighted by atomic mass is 16.5. The zero-order chi connectivity index (χ0) is 13.0. The molecule has 2 rings (SSSR count). The van der Waals surface area contributed by atoms with Gasteiger partial charge in [0.2, 0.25) is 0 Å². The van der Waals surface area contributed by atoms with Gasteiger partial charge in [0.15, 0.2) is 0 Å². The van der Waals surface area contributed by atoms with Gasteiger partial charge in [0.25, 0.3) is 0 Å². The third-order valence-electron chi connectivity index (χ3n) is 2.41. The molecule has 0 saturated carbocycles. The molecule has 18 heavy (non-hydrogen) atoms. The minimum Gasteiger partial charge on any atom is -0.457 e. The second-order valence-corrected chi connectivity index (χ2v) is 3.78. The van der Waals surface area contributed by atoms with Crippen molar-refractivity contribution < 1.29 is 9.53 Å². The lowest BCUT2D eigenvalue weighted by molar-refractivity contribution is 0.0474. The maximum absolute atomic E-state index is 11.8. The van der Waals surface area contributed by atoms with Gasteiger partial charge in [0.1, 0.15) is 6.61 Å². The molecule has 5 nitrogen and oxygen atoms in total. The summed E-state index contributed by atoms with van der Waals surface area (Å²) in [7, 11) is 0. The van der Waals surface area contributed by atoms with Crippen molar-refractivity contribution in [3.05, 3.63) is 53.9 Å². The number of nitrogens with zero attached hydrogens (tertiary/aromatic N) is 1. The van der Waals surface area contributed by atoms with Crippen LogP contribution in [0.5, 0.6) is 0 Å². The number of benzene rings is 1. The Bertz CT molecular complexity index is 555. The Balaban J connectivity index is 2.04.